The molecule has 0 aliphatic carbocycles. The van der Waals surface area contributed by atoms with Crippen LogP contribution in [0.25, 0.3) is 0 Å². The third-order valence-electron chi connectivity index (χ3n) is 3.04. The first-order valence-electron chi connectivity index (χ1n) is 6.09. The van der Waals surface area contributed by atoms with Gasteiger partial charge in [-0.05, 0) is 37.3 Å². The van der Waals surface area contributed by atoms with E-state index in [0.717, 1.165) is 18.2 Å². The van der Waals surface area contributed by atoms with Crippen molar-refractivity contribution in [1.82, 2.24) is 5.32 Å². The molecule has 1 N–H and O–H groups in total. The smallest absolute Gasteiger partial charge is 0.129 e. The summed E-state index contributed by atoms with van der Waals surface area (Å²) in [4.78, 5) is 0. The predicted molar refractivity (Wildman–Crippen MR) is 75.7 cm³/mol. The normalized spacial score (nSPS) is 12.4. The molecule has 0 saturated heterocycles. The molecule has 1 atom stereocenters. The van der Waals surface area contributed by atoms with Crippen LogP contribution in [0.2, 0.25) is 0 Å². The average molecular weight is 344 g/mol. The van der Waals surface area contributed by atoms with E-state index >= 15 is 0 Å². The van der Waals surface area contributed by atoms with Crippen LogP contribution in [0.5, 0.6) is 0 Å². The number of rotatable bonds is 4. The first kappa shape index (κ1) is 15.1. The molecule has 5 heteroatoms. The minimum atomic E-state index is -0.495. The van der Waals surface area contributed by atoms with Gasteiger partial charge in [0.2, 0.25) is 0 Å². The van der Waals surface area contributed by atoms with Gasteiger partial charge in [-0.3, -0.25) is 0 Å². The summed E-state index contributed by atoms with van der Waals surface area (Å²) in [6.45, 7) is 1.89. The van der Waals surface area contributed by atoms with Crippen molar-refractivity contribution >= 4 is 15.9 Å². The highest BCUT2D eigenvalue weighted by atomic mass is 79.9. The van der Waals surface area contributed by atoms with E-state index in [1.165, 1.54) is 6.07 Å². The lowest BCUT2D eigenvalue weighted by Crippen LogP contribution is -2.20. The summed E-state index contributed by atoms with van der Waals surface area (Å²) in [7, 11) is 0. The lowest BCUT2D eigenvalue weighted by molar-refractivity contribution is 0.511. The Hall–Kier alpha value is -1.33. The Morgan fingerprint density at radius 3 is 2.50 bits per heavy atom. The van der Waals surface area contributed by atoms with Crippen molar-refractivity contribution in [1.29, 1.82) is 0 Å². The molecule has 106 valence electrons. The maximum absolute atomic E-state index is 13.8. The molecule has 2 aromatic rings. The van der Waals surface area contributed by atoms with Crippen molar-refractivity contribution in [2.75, 3.05) is 0 Å². The molecule has 0 radical (unpaired) electrons. The van der Waals surface area contributed by atoms with E-state index < -0.39 is 11.6 Å². The van der Waals surface area contributed by atoms with Gasteiger partial charge in [-0.25, -0.2) is 13.2 Å². The minimum Gasteiger partial charge on any atom is -0.306 e. The quantitative estimate of drug-likeness (QED) is 0.847. The monoisotopic (exact) mass is 343 g/mol. The maximum atomic E-state index is 13.8. The van der Waals surface area contributed by atoms with Crippen molar-refractivity contribution in [3.63, 3.8) is 0 Å². The topological polar surface area (TPSA) is 12.0 Å². The summed E-state index contributed by atoms with van der Waals surface area (Å²) in [5.41, 5.74) is 0.694. The molecule has 0 saturated carbocycles. The van der Waals surface area contributed by atoms with Gasteiger partial charge in [0.15, 0.2) is 0 Å². The van der Waals surface area contributed by atoms with Crippen molar-refractivity contribution in [2.45, 2.75) is 19.5 Å². The average Bonchev–Trinajstić information content (AvgIpc) is 2.39. The zero-order valence-electron chi connectivity index (χ0n) is 10.8. The van der Waals surface area contributed by atoms with Gasteiger partial charge in [-0.2, -0.15) is 0 Å². The van der Waals surface area contributed by atoms with Crippen LogP contribution in [-0.2, 0) is 6.54 Å². The molecule has 0 aromatic heterocycles. The number of hydrogen-bond acceptors (Lipinski definition) is 1. The molecule has 2 rings (SSSR count). The molecule has 0 amide bonds. The molecule has 0 fully saturated rings. The van der Waals surface area contributed by atoms with Crippen LogP contribution >= 0.6 is 15.9 Å². The van der Waals surface area contributed by atoms with Gasteiger partial charge in [0, 0.05) is 28.2 Å². The van der Waals surface area contributed by atoms with Gasteiger partial charge in [0.25, 0.3) is 0 Å². The summed E-state index contributed by atoms with van der Waals surface area (Å²) in [5, 5.41) is 2.98. The van der Waals surface area contributed by atoms with E-state index in [2.05, 4.69) is 21.2 Å². The first-order chi connectivity index (χ1) is 9.47. The molecule has 0 bridgehead atoms. The standard InChI is InChI=1S/C15H13BrF3N/c1-9(13-4-2-11(16)7-15(13)19)20-8-10-6-12(17)3-5-14(10)18/h2-7,9,20H,8H2,1H3. The zero-order valence-corrected chi connectivity index (χ0v) is 12.3. The SMILES string of the molecule is CC(NCc1cc(F)ccc1F)c1ccc(Br)cc1F. The van der Waals surface area contributed by atoms with Crippen LogP contribution in [-0.4, -0.2) is 0 Å². The Labute approximate surface area is 123 Å². The summed E-state index contributed by atoms with van der Waals surface area (Å²) >= 11 is 3.19. The minimum absolute atomic E-state index is 0.125. The molecule has 0 aliphatic heterocycles. The molecule has 0 spiro atoms. The van der Waals surface area contributed by atoms with Crippen molar-refractivity contribution in [2.24, 2.45) is 0 Å². The lowest BCUT2D eigenvalue weighted by Gasteiger charge is -2.15. The van der Waals surface area contributed by atoms with Gasteiger partial charge in [0.1, 0.15) is 17.5 Å². The Balaban J connectivity index is 2.08. The Kier molecular flexibility index (Phi) is 4.83. The summed E-state index contributed by atoms with van der Waals surface area (Å²) in [6, 6.07) is 7.72. The van der Waals surface area contributed by atoms with Crippen LogP contribution in [0, 0.1) is 17.5 Å². The number of benzene rings is 2. The largest absolute Gasteiger partial charge is 0.306 e. The fourth-order valence-corrected chi connectivity index (χ4v) is 2.24. The van der Waals surface area contributed by atoms with Gasteiger partial charge >= 0.3 is 0 Å². The highest BCUT2D eigenvalue weighted by Gasteiger charge is 2.12. The highest BCUT2D eigenvalue weighted by molar-refractivity contribution is 9.10. The van der Waals surface area contributed by atoms with E-state index in [9.17, 15) is 13.2 Å². The Morgan fingerprint density at radius 2 is 1.80 bits per heavy atom. The van der Waals surface area contributed by atoms with Gasteiger partial charge in [-0.15, -0.1) is 0 Å². The molecule has 0 aliphatic rings. The summed E-state index contributed by atoms with van der Waals surface area (Å²) in [6.07, 6.45) is 0. The van der Waals surface area contributed by atoms with E-state index in [-0.39, 0.29) is 24.0 Å². The molecule has 20 heavy (non-hydrogen) atoms. The van der Waals surface area contributed by atoms with E-state index in [4.69, 9.17) is 0 Å². The van der Waals surface area contributed by atoms with Crippen molar-refractivity contribution in [3.05, 3.63) is 69.4 Å². The Bertz CT molecular complexity index is 616. The molecule has 2 aromatic carbocycles. The maximum Gasteiger partial charge on any atom is 0.129 e. The van der Waals surface area contributed by atoms with E-state index in [0.29, 0.717) is 10.0 Å². The fourth-order valence-electron chi connectivity index (χ4n) is 1.90. The van der Waals surface area contributed by atoms with Crippen LogP contribution in [0.3, 0.4) is 0 Å². The molecule has 1 unspecified atom stereocenters. The van der Waals surface area contributed by atoms with Crippen LogP contribution in [0.4, 0.5) is 13.2 Å². The fraction of sp³-hybridized carbons (Fsp3) is 0.200. The number of nitrogens with one attached hydrogen (secondary N) is 1. The second kappa shape index (κ2) is 6.41. The number of halogens is 4. The van der Waals surface area contributed by atoms with E-state index in [1.807, 2.05) is 0 Å². The summed E-state index contributed by atoms with van der Waals surface area (Å²) in [5.74, 6) is -1.33. The molecule has 1 nitrogen and oxygen atoms in total. The second-order valence-electron chi connectivity index (χ2n) is 4.50. The lowest BCUT2D eigenvalue weighted by atomic mass is 10.1. The zero-order chi connectivity index (χ0) is 14.7. The second-order valence-corrected chi connectivity index (χ2v) is 5.42. The first-order valence-corrected chi connectivity index (χ1v) is 6.89. The van der Waals surface area contributed by atoms with Crippen LogP contribution in [0.1, 0.15) is 24.1 Å². The van der Waals surface area contributed by atoms with Gasteiger partial charge in [0.05, 0.1) is 0 Å². The summed E-state index contributed by atoms with van der Waals surface area (Å²) < 4.78 is 40.9. The predicted octanol–water partition coefficient (Wildman–Crippen LogP) is 4.72. The van der Waals surface area contributed by atoms with E-state index in [1.54, 1.807) is 19.1 Å². The third-order valence-corrected chi connectivity index (χ3v) is 3.53. The van der Waals surface area contributed by atoms with Crippen LogP contribution in [0.15, 0.2) is 40.9 Å². The number of hydrogen-bond donors (Lipinski definition) is 1. The van der Waals surface area contributed by atoms with Crippen molar-refractivity contribution < 1.29 is 13.2 Å². The van der Waals surface area contributed by atoms with Gasteiger partial charge < -0.3 is 5.32 Å². The molecule has 0 heterocycles. The highest BCUT2D eigenvalue weighted by Crippen LogP contribution is 2.21. The van der Waals surface area contributed by atoms with Crippen LogP contribution < -0.4 is 5.32 Å². The third kappa shape index (κ3) is 3.61. The molecular weight excluding hydrogens is 331 g/mol. The van der Waals surface area contributed by atoms with Crippen molar-refractivity contribution in [3.8, 4) is 0 Å². The Morgan fingerprint density at radius 1 is 1.05 bits per heavy atom. The molecular formula is C15H13BrF3N. The van der Waals surface area contributed by atoms with Gasteiger partial charge in [-0.1, -0.05) is 22.0 Å².